The summed E-state index contributed by atoms with van der Waals surface area (Å²) in [6.45, 7) is 0.705. The van der Waals surface area contributed by atoms with Crippen LogP contribution in [0, 0.1) is 5.82 Å². The number of amides is 1. The van der Waals surface area contributed by atoms with Crippen molar-refractivity contribution in [2.24, 2.45) is 0 Å². The SMILES string of the molecule is O=C1NCC2(CC2)c2[nH]c3c(c21)CCc1cnc(Oc2nc(Cl)nc4c2CN(CC(F)F)CC4)c(F)c1-3. The second kappa shape index (κ2) is 8.16. The van der Waals surface area contributed by atoms with E-state index in [-0.39, 0.29) is 34.9 Å². The molecule has 1 amide bonds. The normalized spacial score (nSPS) is 19.2. The number of rotatable bonds is 4. The number of fused-ring (bicyclic) bond motifs is 7. The highest BCUT2D eigenvalue weighted by atomic mass is 35.5. The molecular formula is C25H22ClF3N6O2. The summed E-state index contributed by atoms with van der Waals surface area (Å²) in [5.74, 6) is -1.10. The molecule has 37 heavy (non-hydrogen) atoms. The Hall–Kier alpha value is -3.18. The standard InChI is InChI=1S/C25H22ClF3N6O2/c26-24-32-14-3-6-35(9-15(27)28)8-13(14)22(34-24)37-23-18(29)16-11(7-30-23)1-2-12-17-20(33-19(12)16)25(4-5-25)10-31-21(17)36/h7,15,33H,1-6,8-10H2,(H,31,36). The fourth-order valence-corrected chi connectivity index (χ4v) is 6.07. The maximum Gasteiger partial charge on any atom is 0.258 e. The van der Waals surface area contributed by atoms with E-state index in [4.69, 9.17) is 16.3 Å². The molecule has 1 fully saturated rings. The Labute approximate surface area is 214 Å². The van der Waals surface area contributed by atoms with Crippen molar-refractivity contribution in [3.05, 3.63) is 50.9 Å². The molecule has 2 aliphatic heterocycles. The molecule has 0 bridgehead atoms. The maximum atomic E-state index is 16.1. The van der Waals surface area contributed by atoms with Crippen LogP contribution in [-0.4, -0.2) is 56.8 Å². The second-order valence-electron chi connectivity index (χ2n) is 10.2. The number of alkyl halides is 2. The van der Waals surface area contributed by atoms with E-state index in [1.807, 2.05) is 0 Å². The van der Waals surface area contributed by atoms with E-state index in [1.54, 1.807) is 11.1 Å². The number of carbonyl (C=O) groups excluding carboxylic acids is 1. The van der Waals surface area contributed by atoms with Crippen molar-refractivity contribution in [3.63, 3.8) is 0 Å². The van der Waals surface area contributed by atoms with E-state index >= 15 is 4.39 Å². The van der Waals surface area contributed by atoms with Gasteiger partial charge in [-0.1, -0.05) is 0 Å². The molecule has 0 unspecified atom stereocenters. The Kier molecular flexibility index (Phi) is 5.07. The molecule has 0 atom stereocenters. The van der Waals surface area contributed by atoms with Gasteiger partial charge in [-0.25, -0.2) is 23.1 Å². The number of carbonyl (C=O) groups is 1. The number of hydrogen-bond donors (Lipinski definition) is 2. The molecule has 0 saturated heterocycles. The van der Waals surface area contributed by atoms with E-state index in [0.29, 0.717) is 66.0 Å². The highest BCUT2D eigenvalue weighted by molar-refractivity contribution is 6.28. The van der Waals surface area contributed by atoms with Gasteiger partial charge in [-0.2, -0.15) is 4.98 Å². The van der Waals surface area contributed by atoms with Crippen molar-refractivity contribution in [2.45, 2.75) is 50.5 Å². The first-order valence-electron chi connectivity index (χ1n) is 12.3. The lowest BCUT2D eigenvalue weighted by molar-refractivity contribution is 0.0810. The van der Waals surface area contributed by atoms with Crippen LogP contribution in [-0.2, 0) is 31.2 Å². The van der Waals surface area contributed by atoms with Gasteiger partial charge in [-0.3, -0.25) is 9.69 Å². The number of pyridine rings is 1. The second-order valence-corrected chi connectivity index (χ2v) is 10.5. The molecule has 2 aliphatic carbocycles. The topological polar surface area (TPSA) is 96.0 Å². The summed E-state index contributed by atoms with van der Waals surface area (Å²) in [7, 11) is 0. The number of aryl methyl sites for hydroxylation is 1. The quantitative estimate of drug-likeness (QED) is 0.496. The summed E-state index contributed by atoms with van der Waals surface area (Å²) in [6.07, 6.45) is 2.56. The van der Waals surface area contributed by atoms with Gasteiger partial charge in [0.1, 0.15) is 0 Å². The number of nitrogens with zero attached hydrogens (tertiary/aromatic N) is 4. The van der Waals surface area contributed by atoms with Gasteiger partial charge in [0.15, 0.2) is 5.82 Å². The molecule has 0 aromatic carbocycles. The minimum absolute atomic E-state index is 0.00144. The van der Waals surface area contributed by atoms with E-state index in [9.17, 15) is 13.6 Å². The number of halogens is 4. The van der Waals surface area contributed by atoms with Crippen molar-refractivity contribution in [1.29, 1.82) is 0 Å². The van der Waals surface area contributed by atoms with E-state index in [2.05, 4.69) is 25.3 Å². The fourth-order valence-electron chi connectivity index (χ4n) is 5.89. The highest BCUT2D eigenvalue weighted by Crippen LogP contribution is 2.53. The Morgan fingerprint density at radius 3 is 2.76 bits per heavy atom. The number of H-pyrrole nitrogens is 1. The van der Waals surface area contributed by atoms with Gasteiger partial charge >= 0.3 is 0 Å². The first-order chi connectivity index (χ1) is 17.8. The van der Waals surface area contributed by atoms with Crippen LogP contribution in [0.1, 0.15) is 51.3 Å². The largest absolute Gasteiger partial charge is 0.417 e. The molecule has 3 aromatic rings. The molecule has 3 aromatic heterocycles. The number of nitrogens with one attached hydrogen (secondary N) is 2. The third kappa shape index (κ3) is 3.62. The van der Waals surface area contributed by atoms with Crippen molar-refractivity contribution in [3.8, 4) is 23.0 Å². The minimum Gasteiger partial charge on any atom is -0.417 e. The Morgan fingerprint density at radius 2 is 1.97 bits per heavy atom. The summed E-state index contributed by atoms with van der Waals surface area (Å²) < 4.78 is 47.9. The monoisotopic (exact) mass is 530 g/mol. The van der Waals surface area contributed by atoms with Crippen LogP contribution < -0.4 is 10.1 Å². The van der Waals surface area contributed by atoms with Crippen LogP contribution in [0.3, 0.4) is 0 Å². The summed E-state index contributed by atoms with van der Waals surface area (Å²) in [5, 5.41) is 2.92. The molecule has 7 rings (SSSR count). The van der Waals surface area contributed by atoms with Crippen LogP contribution in [0.2, 0.25) is 5.28 Å². The molecular weight excluding hydrogens is 509 g/mol. The number of aromatic amines is 1. The van der Waals surface area contributed by atoms with Crippen LogP contribution in [0.15, 0.2) is 6.20 Å². The average molecular weight is 531 g/mol. The molecule has 4 aliphatic rings. The Morgan fingerprint density at radius 1 is 1.14 bits per heavy atom. The lowest BCUT2D eigenvalue weighted by Crippen LogP contribution is -2.39. The average Bonchev–Trinajstić information content (AvgIpc) is 3.53. The summed E-state index contributed by atoms with van der Waals surface area (Å²) >= 11 is 6.10. The van der Waals surface area contributed by atoms with Crippen LogP contribution in [0.25, 0.3) is 11.3 Å². The summed E-state index contributed by atoms with van der Waals surface area (Å²) in [5.41, 5.74) is 4.95. The van der Waals surface area contributed by atoms with Gasteiger partial charge in [0, 0.05) is 48.9 Å². The van der Waals surface area contributed by atoms with Crippen molar-refractivity contribution in [2.75, 3.05) is 19.6 Å². The minimum atomic E-state index is -2.49. The van der Waals surface area contributed by atoms with E-state index in [1.165, 1.54) is 0 Å². The van der Waals surface area contributed by atoms with Gasteiger partial charge in [-0.05, 0) is 48.4 Å². The third-order valence-electron chi connectivity index (χ3n) is 7.93. The first-order valence-corrected chi connectivity index (χ1v) is 12.7. The Balaban J connectivity index is 1.29. The van der Waals surface area contributed by atoms with Crippen LogP contribution in [0.4, 0.5) is 13.2 Å². The predicted molar refractivity (Wildman–Crippen MR) is 127 cm³/mol. The fraction of sp³-hybridized carbons (Fsp3) is 0.440. The lowest BCUT2D eigenvalue weighted by atomic mass is 9.86. The zero-order valence-corrected chi connectivity index (χ0v) is 20.4. The van der Waals surface area contributed by atoms with Crippen molar-refractivity contribution >= 4 is 17.5 Å². The van der Waals surface area contributed by atoms with Crippen molar-refractivity contribution < 1.29 is 22.7 Å². The zero-order valence-electron chi connectivity index (χ0n) is 19.6. The molecule has 0 radical (unpaired) electrons. The van der Waals surface area contributed by atoms with E-state index in [0.717, 1.165) is 24.1 Å². The Bertz CT molecular complexity index is 1470. The molecule has 1 spiro atoms. The van der Waals surface area contributed by atoms with E-state index < -0.39 is 18.8 Å². The van der Waals surface area contributed by atoms with Crippen LogP contribution in [0.5, 0.6) is 11.8 Å². The van der Waals surface area contributed by atoms with Crippen LogP contribution >= 0.6 is 11.6 Å². The summed E-state index contributed by atoms with van der Waals surface area (Å²) in [4.78, 5) is 30.3. The molecule has 5 heterocycles. The zero-order chi connectivity index (χ0) is 25.5. The number of ether oxygens (including phenoxy) is 1. The summed E-state index contributed by atoms with van der Waals surface area (Å²) in [6, 6.07) is 0. The van der Waals surface area contributed by atoms with Gasteiger partial charge < -0.3 is 15.0 Å². The third-order valence-corrected chi connectivity index (χ3v) is 8.09. The number of hydrogen-bond acceptors (Lipinski definition) is 6. The molecule has 12 heteroatoms. The molecule has 2 N–H and O–H groups in total. The molecule has 1 saturated carbocycles. The lowest BCUT2D eigenvalue weighted by Gasteiger charge is -2.28. The molecule has 192 valence electrons. The predicted octanol–water partition coefficient (Wildman–Crippen LogP) is 3.95. The molecule has 8 nitrogen and oxygen atoms in total. The maximum absolute atomic E-state index is 16.1. The van der Waals surface area contributed by atoms with Gasteiger partial charge in [0.2, 0.25) is 11.2 Å². The van der Waals surface area contributed by atoms with Crippen molar-refractivity contribution in [1.82, 2.24) is 30.2 Å². The smallest absolute Gasteiger partial charge is 0.258 e. The van der Waals surface area contributed by atoms with Gasteiger partial charge in [-0.15, -0.1) is 0 Å². The highest BCUT2D eigenvalue weighted by Gasteiger charge is 2.52. The number of aromatic nitrogens is 4. The van der Waals surface area contributed by atoms with Gasteiger partial charge in [0.05, 0.1) is 29.1 Å². The van der Waals surface area contributed by atoms with Gasteiger partial charge in [0.25, 0.3) is 18.2 Å². The first kappa shape index (κ1) is 23.0.